The summed E-state index contributed by atoms with van der Waals surface area (Å²) in [5, 5.41) is 27.6. The number of allylic oxidation sites excluding steroid dienone is 16. The van der Waals surface area contributed by atoms with E-state index in [2.05, 4.69) is 96.5 Å². The molecule has 0 heterocycles. The number of carbonyl (C=O) groups excluding carboxylic acids is 2. The fourth-order valence-corrected chi connectivity index (χ4v) is 6.07. The fraction of sp³-hybridized carbons (Fsp3) is 0.625. The molecule has 0 fully saturated rings. The van der Waals surface area contributed by atoms with Crippen LogP contribution in [0.2, 0.25) is 0 Å². The minimum atomic E-state index is -4.65. The van der Waals surface area contributed by atoms with Crippen LogP contribution >= 0.6 is 7.82 Å². The minimum absolute atomic E-state index is 0.123. The Morgan fingerprint density at radius 1 is 0.550 bits per heavy atom. The molecule has 0 aliphatic heterocycles. The Morgan fingerprint density at radius 3 is 1.47 bits per heavy atom. The van der Waals surface area contributed by atoms with E-state index < -0.39 is 51.8 Å². The Kier molecular flexibility index (Phi) is 40.3. The smallest absolute Gasteiger partial charge is 0.462 e. The van der Waals surface area contributed by atoms with Crippen LogP contribution in [0.25, 0.3) is 0 Å². The van der Waals surface area contributed by atoms with Gasteiger partial charge in [-0.3, -0.25) is 18.6 Å². The van der Waals surface area contributed by atoms with Crippen LogP contribution in [0.5, 0.6) is 0 Å². The zero-order valence-electron chi connectivity index (χ0n) is 36.7. The Labute approximate surface area is 362 Å². The van der Waals surface area contributed by atoms with Crippen LogP contribution in [0.15, 0.2) is 97.2 Å². The molecule has 12 heteroatoms. The van der Waals surface area contributed by atoms with E-state index in [9.17, 15) is 29.3 Å². The topological polar surface area (TPSA) is 169 Å². The van der Waals surface area contributed by atoms with Crippen molar-refractivity contribution in [2.75, 3.05) is 26.4 Å². The number of phosphoric acid groups is 1. The number of hydrogen-bond acceptors (Lipinski definition) is 10. The van der Waals surface area contributed by atoms with Crippen molar-refractivity contribution in [3.63, 3.8) is 0 Å². The SMILES string of the molecule is CCCCC/C=C\C/C=C\C/C=C\C/C=C\CCCCCC(=O)O[C@H](COC(=O)CCC/C=C\C/C=C\C/C=C\C/C=C\CCC[C@@H](C)O)COP(=O)(O)OC[C@@H](O)CO. The number of aliphatic hydroxyl groups is 3. The molecule has 60 heavy (non-hydrogen) atoms. The quantitative estimate of drug-likeness (QED) is 0.0200. The van der Waals surface area contributed by atoms with Crippen molar-refractivity contribution in [2.45, 2.75) is 167 Å². The van der Waals surface area contributed by atoms with E-state index in [0.29, 0.717) is 19.3 Å². The second-order valence-corrected chi connectivity index (χ2v) is 16.1. The molecule has 0 rings (SSSR count). The molecule has 0 aromatic heterocycles. The summed E-state index contributed by atoms with van der Waals surface area (Å²) in [4.78, 5) is 35.0. The average Bonchev–Trinajstić information content (AvgIpc) is 3.22. The van der Waals surface area contributed by atoms with E-state index in [0.717, 1.165) is 77.0 Å². The third kappa shape index (κ3) is 43.0. The van der Waals surface area contributed by atoms with Gasteiger partial charge in [0.05, 0.1) is 25.9 Å². The zero-order chi connectivity index (χ0) is 44.2. The van der Waals surface area contributed by atoms with Crippen molar-refractivity contribution in [2.24, 2.45) is 0 Å². The minimum Gasteiger partial charge on any atom is -0.462 e. The van der Waals surface area contributed by atoms with E-state index in [1.165, 1.54) is 25.7 Å². The number of aliphatic hydroxyl groups excluding tert-OH is 3. The molecule has 0 radical (unpaired) electrons. The third-order valence-electron chi connectivity index (χ3n) is 8.73. The van der Waals surface area contributed by atoms with Crippen molar-refractivity contribution in [1.29, 1.82) is 0 Å². The lowest BCUT2D eigenvalue weighted by Crippen LogP contribution is -2.29. The lowest BCUT2D eigenvalue weighted by molar-refractivity contribution is -0.161. The summed E-state index contributed by atoms with van der Waals surface area (Å²) < 4.78 is 32.6. The molecule has 0 aliphatic carbocycles. The first-order valence-electron chi connectivity index (χ1n) is 22.2. The molecule has 4 atom stereocenters. The van der Waals surface area contributed by atoms with Crippen LogP contribution in [0, 0.1) is 0 Å². The van der Waals surface area contributed by atoms with Gasteiger partial charge >= 0.3 is 19.8 Å². The molecule has 342 valence electrons. The maximum Gasteiger partial charge on any atom is 0.472 e. The number of rotatable bonds is 40. The summed E-state index contributed by atoms with van der Waals surface area (Å²) in [6.07, 6.45) is 49.3. The first-order valence-corrected chi connectivity index (χ1v) is 23.7. The predicted octanol–water partition coefficient (Wildman–Crippen LogP) is 11.0. The third-order valence-corrected chi connectivity index (χ3v) is 9.68. The van der Waals surface area contributed by atoms with Gasteiger partial charge in [0.15, 0.2) is 6.10 Å². The van der Waals surface area contributed by atoms with Crippen molar-refractivity contribution in [1.82, 2.24) is 0 Å². The summed E-state index contributed by atoms with van der Waals surface area (Å²) in [6, 6.07) is 0. The van der Waals surface area contributed by atoms with E-state index in [1.807, 2.05) is 19.1 Å². The van der Waals surface area contributed by atoms with Crippen LogP contribution in [0.4, 0.5) is 0 Å². The Morgan fingerprint density at radius 2 is 0.983 bits per heavy atom. The standard InChI is InChI=1S/C48H79O11P/c1-3-4-5-6-7-8-9-10-11-12-13-14-17-21-24-27-30-33-36-39-48(53)59-46(43-58-60(54,55)57-41-45(51)40-49)42-56-47(52)38-35-32-29-26-23-20-18-15-16-19-22-25-28-31-34-37-44(2)50/h7-8,10-11,13-14,16,18-21,24-26,28-29,44-46,49-51H,3-6,9,12,15,17,22-23,27,30-43H2,1-2H3,(H,54,55)/b8-7-,11-10-,14-13-,19-16-,20-18-,24-21-,28-25-,29-26-/t44-,45+,46-/m1/s1. The van der Waals surface area contributed by atoms with E-state index >= 15 is 0 Å². The Bertz CT molecular complexity index is 1330. The molecule has 0 saturated carbocycles. The molecule has 0 aromatic rings. The molecule has 0 spiro atoms. The summed E-state index contributed by atoms with van der Waals surface area (Å²) >= 11 is 0. The average molecular weight is 863 g/mol. The van der Waals surface area contributed by atoms with Gasteiger partial charge in [0.1, 0.15) is 12.7 Å². The van der Waals surface area contributed by atoms with Gasteiger partial charge in [0, 0.05) is 12.8 Å². The maximum atomic E-state index is 12.6. The van der Waals surface area contributed by atoms with Gasteiger partial charge in [-0.2, -0.15) is 0 Å². The van der Waals surface area contributed by atoms with Crippen molar-refractivity contribution >= 4 is 19.8 Å². The number of hydrogen-bond donors (Lipinski definition) is 4. The monoisotopic (exact) mass is 863 g/mol. The molecule has 1 unspecified atom stereocenters. The zero-order valence-corrected chi connectivity index (χ0v) is 37.6. The van der Waals surface area contributed by atoms with Crippen LogP contribution < -0.4 is 0 Å². The van der Waals surface area contributed by atoms with Crippen LogP contribution in [0.3, 0.4) is 0 Å². The maximum absolute atomic E-state index is 12.6. The normalized spacial score (nSPS) is 15.2. The molecule has 4 N–H and O–H groups in total. The summed E-state index contributed by atoms with van der Waals surface area (Å²) in [7, 11) is -4.65. The highest BCUT2D eigenvalue weighted by Gasteiger charge is 2.27. The Balaban J connectivity index is 4.47. The van der Waals surface area contributed by atoms with Crippen molar-refractivity contribution in [3.05, 3.63) is 97.2 Å². The Hall–Kier alpha value is -3.15. The number of unbranched alkanes of at least 4 members (excludes halogenated alkanes) is 8. The fourth-order valence-electron chi connectivity index (χ4n) is 5.28. The van der Waals surface area contributed by atoms with E-state index in [4.69, 9.17) is 19.1 Å². The summed E-state index contributed by atoms with van der Waals surface area (Å²) in [5.41, 5.74) is 0. The lowest BCUT2D eigenvalue weighted by atomic mass is 10.1. The largest absolute Gasteiger partial charge is 0.472 e. The molecule has 0 saturated heterocycles. The van der Waals surface area contributed by atoms with Gasteiger partial charge < -0.3 is 29.7 Å². The first kappa shape index (κ1) is 56.9. The number of ether oxygens (including phenoxy) is 2. The molecule has 0 aliphatic rings. The van der Waals surface area contributed by atoms with E-state index in [-0.39, 0.29) is 25.6 Å². The van der Waals surface area contributed by atoms with Gasteiger partial charge in [-0.1, -0.05) is 123 Å². The molecular weight excluding hydrogens is 783 g/mol. The molecule has 11 nitrogen and oxygen atoms in total. The van der Waals surface area contributed by atoms with Gasteiger partial charge in [0.2, 0.25) is 0 Å². The van der Waals surface area contributed by atoms with Crippen molar-refractivity contribution < 1.29 is 52.9 Å². The van der Waals surface area contributed by atoms with Crippen LogP contribution in [-0.4, -0.2) is 76.9 Å². The van der Waals surface area contributed by atoms with Gasteiger partial charge in [-0.15, -0.1) is 0 Å². The molecular formula is C48H79O11P. The highest BCUT2D eigenvalue weighted by Crippen LogP contribution is 2.43. The number of carbonyl (C=O) groups is 2. The van der Waals surface area contributed by atoms with Gasteiger partial charge in [-0.25, -0.2) is 4.57 Å². The molecule has 0 bridgehead atoms. The predicted molar refractivity (Wildman–Crippen MR) is 243 cm³/mol. The second-order valence-electron chi connectivity index (χ2n) is 14.6. The highest BCUT2D eigenvalue weighted by molar-refractivity contribution is 7.47. The van der Waals surface area contributed by atoms with Crippen LogP contribution in [-0.2, 0) is 32.7 Å². The molecule has 0 amide bonds. The second kappa shape index (κ2) is 42.5. The van der Waals surface area contributed by atoms with Gasteiger partial charge in [0.25, 0.3) is 0 Å². The van der Waals surface area contributed by atoms with Crippen LogP contribution in [0.1, 0.15) is 149 Å². The lowest BCUT2D eigenvalue weighted by Gasteiger charge is -2.20. The van der Waals surface area contributed by atoms with Crippen molar-refractivity contribution in [3.8, 4) is 0 Å². The first-order chi connectivity index (χ1) is 29.1. The number of esters is 2. The molecule has 0 aromatic carbocycles. The summed E-state index contributed by atoms with van der Waals surface area (Å²) in [5.74, 6) is -1.05. The highest BCUT2D eigenvalue weighted by atomic mass is 31.2. The van der Waals surface area contributed by atoms with Gasteiger partial charge in [-0.05, 0) is 110 Å². The summed E-state index contributed by atoms with van der Waals surface area (Å²) in [6.45, 7) is 1.77. The number of phosphoric ester groups is 1. The van der Waals surface area contributed by atoms with E-state index in [1.54, 1.807) is 0 Å².